The first-order valence-electron chi connectivity index (χ1n) is 5.53. The van der Waals surface area contributed by atoms with Gasteiger partial charge in [-0.3, -0.25) is 4.68 Å². The Morgan fingerprint density at radius 2 is 2.44 bits per heavy atom. The summed E-state index contributed by atoms with van der Waals surface area (Å²) in [6.07, 6.45) is 3.71. The molecule has 2 aromatic heterocycles. The van der Waals surface area contributed by atoms with Gasteiger partial charge in [0.25, 0.3) is 0 Å². The summed E-state index contributed by atoms with van der Waals surface area (Å²) in [6, 6.07) is 0. The highest BCUT2D eigenvalue weighted by Crippen LogP contribution is 2.16. The Bertz CT molecular complexity index is 535. The second-order valence-electron chi connectivity index (χ2n) is 3.63. The molecule has 0 unspecified atom stereocenters. The Labute approximate surface area is 109 Å². The van der Waals surface area contributed by atoms with E-state index in [0.29, 0.717) is 24.0 Å². The van der Waals surface area contributed by atoms with Gasteiger partial charge in [-0.05, 0) is 6.92 Å². The van der Waals surface area contributed by atoms with E-state index in [-0.39, 0.29) is 5.97 Å². The first-order chi connectivity index (χ1) is 8.69. The van der Waals surface area contributed by atoms with Gasteiger partial charge in [0.1, 0.15) is 0 Å². The molecular weight excluding hydrogens is 252 g/mol. The van der Waals surface area contributed by atoms with E-state index < -0.39 is 0 Å². The third-order valence-corrected chi connectivity index (χ3v) is 2.99. The van der Waals surface area contributed by atoms with Crippen molar-refractivity contribution in [3.63, 3.8) is 0 Å². The van der Waals surface area contributed by atoms with E-state index in [1.54, 1.807) is 23.2 Å². The number of anilines is 1. The molecule has 18 heavy (non-hydrogen) atoms. The number of nitrogens with zero attached hydrogens (tertiary/aromatic N) is 3. The third-order valence-electron chi connectivity index (χ3n) is 2.19. The minimum Gasteiger partial charge on any atom is -0.461 e. The lowest BCUT2D eigenvalue weighted by Crippen LogP contribution is -2.05. The zero-order valence-electron chi connectivity index (χ0n) is 10.2. The van der Waals surface area contributed by atoms with E-state index >= 15 is 0 Å². The minimum absolute atomic E-state index is 0.343. The van der Waals surface area contributed by atoms with Crippen LogP contribution in [-0.4, -0.2) is 27.3 Å². The molecule has 0 aromatic carbocycles. The topological polar surface area (TPSA) is 69.0 Å². The Balaban J connectivity index is 1.92. The van der Waals surface area contributed by atoms with Gasteiger partial charge in [-0.15, -0.1) is 11.3 Å². The van der Waals surface area contributed by atoms with Gasteiger partial charge in [0.15, 0.2) is 10.8 Å². The molecule has 0 aliphatic carbocycles. The normalized spacial score (nSPS) is 10.3. The average Bonchev–Trinajstić information content (AvgIpc) is 2.95. The smallest absolute Gasteiger partial charge is 0.357 e. The Hall–Kier alpha value is -1.89. The van der Waals surface area contributed by atoms with Crippen molar-refractivity contribution in [3.8, 4) is 0 Å². The summed E-state index contributed by atoms with van der Waals surface area (Å²) in [5.41, 5.74) is 1.40. The number of aryl methyl sites for hydroxylation is 1. The Morgan fingerprint density at radius 1 is 1.61 bits per heavy atom. The fourth-order valence-corrected chi connectivity index (χ4v) is 2.07. The molecule has 0 amide bonds. The van der Waals surface area contributed by atoms with Gasteiger partial charge in [0, 0.05) is 30.7 Å². The molecule has 0 aliphatic rings. The number of thiazole rings is 1. The molecule has 0 saturated carbocycles. The Kier molecular flexibility index (Phi) is 3.93. The number of ether oxygens (including phenoxy) is 1. The summed E-state index contributed by atoms with van der Waals surface area (Å²) in [5.74, 6) is -0.386. The molecule has 2 rings (SSSR count). The summed E-state index contributed by atoms with van der Waals surface area (Å²) in [7, 11) is 1.87. The number of rotatable bonds is 5. The van der Waals surface area contributed by atoms with Crippen LogP contribution < -0.4 is 5.32 Å². The van der Waals surface area contributed by atoms with Gasteiger partial charge in [-0.1, -0.05) is 0 Å². The number of carbonyl (C=O) groups excluding carboxylic acids is 1. The molecule has 0 saturated heterocycles. The van der Waals surface area contributed by atoms with Crippen molar-refractivity contribution in [1.29, 1.82) is 0 Å². The van der Waals surface area contributed by atoms with E-state index in [0.717, 1.165) is 5.56 Å². The van der Waals surface area contributed by atoms with Crippen LogP contribution in [0.3, 0.4) is 0 Å². The van der Waals surface area contributed by atoms with Crippen molar-refractivity contribution in [2.24, 2.45) is 7.05 Å². The van der Waals surface area contributed by atoms with Crippen LogP contribution in [0, 0.1) is 0 Å². The summed E-state index contributed by atoms with van der Waals surface area (Å²) in [6.45, 7) is 2.75. The predicted octanol–water partition coefficient (Wildman–Crippen LogP) is 1.67. The van der Waals surface area contributed by atoms with Crippen molar-refractivity contribution < 1.29 is 9.53 Å². The average molecular weight is 266 g/mol. The highest BCUT2D eigenvalue weighted by Gasteiger charge is 2.11. The maximum atomic E-state index is 11.4. The number of carbonyl (C=O) groups is 1. The summed E-state index contributed by atoms with van der Waals surface area (Å²) >= 11 is 1.38. The van der Waals surface area contributed by atoms with Crippen molar-refractivity contribution >= 4 is 22.4 Å². The fraction of sp³-hybridized carbons (Fsp3) is 0.364. The van der Waals surface area contributed by atoms with Crippen LogP contribution in [0.15, 0.2) is 17.8 Å². The van der Waals surface area contributed by atoms with Crippen LogP contribution in [0.5, 0.6) is 0 Å². The van der Waals surface area contributed by atoms with Crippen LogP contribution >= 0.6 is 11.3 Å². The molecule has 7 heteroatoms. The second-order valence-corrected chi connectivity index (χ2v) is 4.49. The second kappa shape index (κ2) is 5.63. The van der Waals surface area contributed by atoms with Crippen molar-refractivity contribution in [2.75, 3.05) is 11.9 Å². The van der Waals surface area contributed by atoms with Gasteiger partial charge < -0.3 is 10.1 Å². The maximum Gasteiger partial charge on any atom is 0.357 e. The molecule has 2 aromatic rings. The lowest BCUT2D eigenvalue weighted by molar-refractivity contribution is 0.0520. The van der Waals surface area contributed by atoms with Crippen molar-refractivity contribution in [1.82, 2.24) is 14.8 Å². The standard InChI is InChI=1S/C11H14N4O2S/c1-3-17-10(16)9-7-18-11(14-9)12-4-8-5-13-15(2)6-8/h5-7H,3-4H2,1-2H3,(H,12,14). The largest absolute Gasteiger partial charge is 0.461 e. The third kappa shape index (κ3) is 3.07. The first kappa shape index (κ1) is 12.6. The lowest BCUT2D eigenvalue weighted by atomic mass is 10.4. The highest BCUT2D eigenvalue weighted by molar-refractivity contribution is 7.13. The van der Waals surface area contributed by atoms with Crippen molar-refractivity contribution in [2.45, 2.75) is 13.5 Å². The van der Waals surface area contributed by atoms with Gasteiger partial charge in [-0.2, -0.15) is 5.10 Å². The molecule has 0 radical (unpaired) electrons. The van der Waals surface area contributed by atoms with Crippen molar-refractivity contribution in [3.05, 3.63) is 29.0 Å². The van der Waals surface area contributed by atoms with Crippen LogP contribution in [0.25, 0.3) is 0 Å². The van der Waals surface area contributed by atoms with Crippen LogP contribution in [0.4, 0.5) is 5.13 Å². The molecule has 96 valence electrons. The number of nitrogens with one attached hydrogen (secondary N) is 1. The maximum absolute atomic E-state index is 11.4. The minimum atomic E-state index is -0.386. The number of hydrogen-bond donors (Lipinski definition) is 1. The van der Waals surface area contributed by atoms with Crippen LogP contribution in [0.2, 0.25) is 0 Å². The molecule has 2 heterocycles. The quantitative estimate of drug-likeness (QED) is 0.834. The molecule has 0 spiro atoms. The summed E-state index contributed by atoms with van der Waals surface area (Å²) in [4.78, 5) is 15.6. The summed E-state index contributed by atoms with van der Waals surface area (Å²) in [5, 5.41) is 9.59. The zero-order valence-corrected chi connectivity index (χ0v) is 11.0. The van der Waals surface area contributed by atoms with Gasteiger partial charge >= 0.3 is 5.97 Å². The molecule has 0 bridgehead atoms. The summed E-state index contributed by atoms with van der Waals surface area (Å²) < 4.78 is 6.61. The Morgan fingerprint density at radius 3 is 3.11 bits per heavy atom. The number of esters is 1. The highest BCUT2D eigenvalue weighted by atomic mass is 32.1. The van der Waals surface area contributed by atoms with Crippen LogP contribution in [0.1, 0.15) is 23.0 Å². The van der Waals surface area contributed by atoms with Crippen LogP contribution in [-0.2, 0) is 18.3 Å². The molecule has 0 atom stereocenters. The molecule has 6 nitrogen and oxygen atoms in total. The molecule has 0 aliphatic heterocycles. The zero-order chi connectivity index (χ0) is 13.0. The van der Waals surface area contributed by atoms with Gasteiger partial charge in [0.2, 0.25) is 0 Å². The van der Waals surface area contributed by atoms with E-state index in [9.17, 15) is 4.79 Å². The van der Waals surface area contributed by atoms with E-state index in [1.165, 1.54) is 11.3 Å². The lowest BCUT2D eigenvalue weighted by Gasteiger charge is -1.99. The molecule has 0 fully saturated rings. The SMILES string of the molecule is CCOC(=O)c1csc(NCc2cnn(C)c2)n1. The monoisotopic (exact) mass is 266 g/mol. The fourth-order valence-electron chi connectivity index (χ4n) is 1.39. The molecule has 1 N–H and O–H groups in total. The predicted molar refractivity (Wildman–Crippen MR) is 68.6 cm³/mol. The first-order valence-corrected chi connectivity index (χ1v) is 6.41. The van der Waals surface area contributed by atoms with Gasteiger partial charge in [-0.25, -0.2) is 9.78 Å². The van der Waals surface area contributed by atoms with E-state index in [1.807, 2.05) is 13.2 Å². The van der Waals surface area contributed by atoms with E-state index in [2.05, 4.69) is 15.4 Å². The van der Waals surface area contributed by atoms with E-state index in [4.69, 9.17) is 4.74 Å². The number of hydrogen-bond acceptors (Lipinski definition) is 6. The van der Waals surface area contributed by atoms with Gasteiger partial charge in [0.05, 0.1) is 12.8 Å². The number of aromatic nitrogens is 3. The molecular formula is C11H14N4O2S.